The number of hydrogen-bond acceptors (Lipinski definition) is 3. The molecule has 0 spiro atoms. The minimum absolute atomic E-state index is 0.204. The molecule has 0 heterocycles. The zero-order valence-corrected chi connectivity index (χ0v) is 15.7. The minimum atomic E-state index is -3.74. The lowest BCUT2D eigenvalue weighted by Gasteiger charge is -2.25. The number of hydrogen-bond donors (Lipinski definition) is 0. The molecule has 0 aromatic heterocycles. The van der Waals surface area contributed by atoms with E-state index in [0.717, 1.165) is 5.56 Å². The van der Waals surface area contributed by atoms with E-state index in [1.807, 2.05) is 30.3 Å². The van der Waals surface area contributed by atoms with Crippen molar-refractivity contribution >= 4 is 27.3 Å². The van der Waals surface area contributed by atoms with Crippen LogP contribution in [-0.4, -0.2) is 15.5 Å². The summed E-state index contributed by atoms with van der Waals surface area (Å²) in [5, 5.41) is 0.609. The smallest absolute Gasteiger partial charge is 0.264 e. The normalized spacial score (nSPS) is 11.2. The van der Waals surface area contributed by atoms with Crippen molar-refractivity contribution in [3.63, 3.8) is 0 Å². The number of halogens is 1. The molecule has 3 aromatic rings. The fraction of sp³-hybridized carbons (Fsp3) is 0.100. The predicted molar refractivity (Wildman–Crippen MR) is 104 cm³/mol. The van der Waals surface area contributed by atoms with Gasteiger partial charge in [0.1, 0.15) is 5.75 Å². The van der Waals surface area contributed by atoms with Crippen molar-refractivity contribution in [3.8, 4) is 5.75 Å². The van der Waals surface area contributed by atoms with E-state index in [9.17, 15) is 8.42 Å². The summed E-state index contributed by atoms with van der Waals surface area (Å²) in [6, 6.07) is 22.5. The maximum Gasteiger partial charge on any atom is 0.264 e. The van der Waals surface area contributed by atoms with E-state index in [1.165, 1.54) is 4.31 Å². The molecular weight excluding hydrogens is 370 g/mol. The Morgan fingerprint density at radius 2 is 1.50 bits per heavy atom. The molecule has 4 nitrogen and oxygen atoms in total. The fourth-order valence-electron chi connectivity index (χ4n) is 2.54. The average Bonchev–Trinajstić information content (AvgIpc) is 2.68. The lowest BCUT2D eigenvalue weighted by Crippen LogP contribution is -2.30. The van der Waals surface area contributed by atoms with Gasteiger partial charge in [0.15, 0.2) is 0 Å². The van der Waals surface area contributed by atoms with Gasteiger partial charge in [-0.3, -0.25) is 4.31 Å². The molecule has 0 fully saturated rings. The lowest BCUT2D eigenvalue weighted by molar-refractivity contribution is 0.414. The van der Waals surface area contributed by atoms with Gasteiger partial charge in [-0.2, -0.15) is 0 Å². The molecule has 0 aliphatic carbocycles. The van der Waals surface area contributed by atoms with Crippen LogP contribution in [0.15, 0.2) is 83.8 Å². The summed E-state index contributed by atoms with van der Waals surface area (Å²) >= 11 is 5.94. The Bertz CT molecular complexity index is 956. The maximum atomic E-state index is 13.3. The van der Waals surface area contributed by atoms with Crippen LogP contribution in [0, 0.1) is 0 Å². The van der Waals surface area contributed by atoms with Gasteiger partial charge in [-0.15, -0.1) is 0 Å². The van der Waals surface area contributed by atoms with Crippen molar-refractivity contribution in [2.45, 2.75) is 11.4 Å². The molecule has 0 atom stereocenters. The van der Waals surface area contributed by atoms with E-state index >= 15 is 0 Å². The van der Waals surface area contributed by atoms with Gasteiger partial charge < -0.3 is 4.74 Å². The fourth-order valence-corrected chi connectivity index (χ4v) is 4.12. The molecule has 3 aromatic carbocycles. The van der Waals surface area contributed by atoms with Gasteiger partial charge in [0.2, 0.25) is 0 Å². The van der Waals surface area contributed by atoms with Crippen LogP contribution in [0.2, 0.25) is 5.02 Å². The largest absolute Gasteiger partial charge is 0.497 e. The number of para-hydroxylation sites is 1. The number of benzene rings is 3. The SMILES string of the molecule is COc1ccc(S(=O)(=O)N(Cc2ccc(Cl)cc2)c2ccccc2)cc1. The first kappa shape index (κ1) is 18.3. The molecule has 134 valence electrons. The Morgan fingerprint density at radius 3 is 2.08 bits per heavy atom. The summed E-state index contributed by atoms with van der Waals surface area (Å²) in [4.78, 5) is 0.205. The number of sulfonamides is 1. The molecular formula is C20H18ClNO3S. The first-order chi connectivity index (χ1) is 12.5. The predicted octanol–water partition coefficient (Wildman–Crippen LogP) is 4.74. The Kier molecular flexibility index (Phi) is 5.49. The average molecular weight is 388 g/mol. The van der Waals surface area contributed by atoms with E-state index in [2.05, 4.69) is 0 Å². The topological polar surface area (TPSA) is 46.6 Å². The van der Waals surface area contributed by atoms with Crippen LogP contribution in [0.1, 0.15) is 5.56 Å². The van der Waals surface area contributed by atoms with Crippen molar-refractivity contribution < 1.29 is 13.2 Å². The molecule has 0 saturated heterocycles. The lowest BCUT2D eigenvalue weighted by atomic mass is 10.2. The number of anilines is 1. The summed E-state index contributed by atoms with van der Waals surface area (Å²) in [5.41, 5.74) is 1.44. The highest BCUT2D eigenvalue weighted by molar-refractivity contribution is 7.92. The third-order valence-corrected chi connectivity index (χ3v) is 5.97. The van der Waals surface area contributed by atoms with Crippen molar-refractivity contribution in [1.29, 1.82) is 0 Å². The van der Waals surface area contributed by atoms with Crippen LogP contribution in [0.3, 0.4) is 0 Å². The Labute approximate surface area is 158 Å². The molecule has 0 unspecified atom stereocenters. The molecule has 0 saturated carbocycles. The molecule has 0 amide bonds. The van der Waals surface area contributed by atoms with Crippen molar-refractivity contribution in [1.82, 2.24) is 0 Å². The minimum Gasteiger partial charge on any atom is -0.497 e. The molecule has 0 N–H and O–H groups in total. The molecule has 0 aliphatic rings. The van der Waals surface area contributed by atoms with Crippen molar-refractivity contribution in [2.75, 3.05) is 11.4 Å². The van der Waals surface area contributed by atoms with E-state index < -0.39 is 10.0 Å². The quantitative estimate of drug-likeness (QED) is 0.613. The van der Waals surface area contributed by atoms with Gasteiger partial charge in [0.25, 0.3) is 10.0 Å². The molecule has 0 aliphatic heterocycles. The Balaban J connectivity index is 2.02. The standard InChI is InChI=1S/C20H18ClNO3S/c1-25-19-11-13-20(14-12-19)26(23,24)22(18-5-3-2-4-6-18)15-16-7-9-17(21)10-8-16/h2-14H,15H2,1H3. The number of ether oxygens (including phenoxy) is 1. The summed E-state index contributed by atoms with van der Waals surface area (Å²) in [6.07, 6.45) is 0. The highest BCUT2D eigenvalue weighted by Crippen LogP contribution is 2.27. The summed E-state index contributed by atoms with van der Waals surface area (Å²) in [6.45, 7) is 0.204. The molecule has 6 heteroatoms. The van der Waals surface area contributed by atoms with Crippen LogP contribution >= 0.6 is 11.6 Å². The zero-order chi connectivity index (χ0) is 18.6. The van der Waals surface area contributed by atoms with Gasteiger partial charge in [-0.25, -0.2) is 8.42 Å². The van der Waals surface area contributed by atoms with Crippen LogP contribution in [0.25, 0.3) is 0 Å². The Hall–Kier alpha value is -2.50. The van der Waals surface area contributed by atoms with Gasteiger partial charge in [0, 0.05) is 5.02 Å². The number of nitrogens with zero attached hydrogens (tertiary/aromatic N) is 1. The first-order valence-corrected chi connectivity index (χ1v) is 9.79. The first-order valence-electron chi connectivity index (χ1n) is 7.97. The van der Waals surface area contributed by atoms with Gasteiger partial charge in [0.05, 0.1) is 24.2 Å². The number of methoxy groups -OCH3 is 1. The highest BCUT2D eigenvalue weighted by atomic mass is 35.5. The van der Waals surface area contributed by atoms with Crippen LogP contribution in [-0.2, 0) is 16.6 Å². The highest BCUT2D eigenvalue weighted by Gasteiger charge is 2.25. The zero-order valence-electron chi connectivity index (χ0n) is 14.2. The number of rotatable bonds is 6. The van der Waals surface area contributed by atoms with Crippen LogP contribution in [0.4, 0.5) is 5.69 Å². The van der Waals surface area contributed by atoms with E-state index in [4.69, 9.17) is 16.3 Å². The molecule has 26 heavy (non-hydrogen) atoms. The second kappa shape index (κ2) is 7.81. The van der Waals surface area contributed by atoms with E-state index in [-0.39, 0.29) is 11.4 Å². The Morgan fingerprint density at radius 1 is 0.885 bits per heavy atom. The third kappa shape index (κ3) is 4.00. The van der Waals surface area contributed by atoms with E-state index in [1.54, 1.807) is 55.6 Å². The summed E-state index contributed by atoms with van der Waals surface area (Å²) < 4.78 is 33.0. The maximum absolute atomic E-state index is 13.3. The second-order valence-electron chi connectivity index (χ2n) is 5.65. The monoisotopic (exact) mass is 387 g/mol. The van der Waals surface area contributed by atoms with Gasteiger partial charge >= 0.3 is 0 Å². The van der Waals surface area contributed by atoms with Crippen molar-refractivity contribution in [2.24, 2.45) is 0 Å². The van der Waals surface area contributed by atoms with Crippen LogP contribution < -0.4 is 9.04 Å². The van der Waals surface area contributed by atoms with Crippen molar-refractivity contribution in [3.05, 3.63) is 89.4 Å². The molecule has 0 radical (unpaired) electrons. The van der Waals surface area contributed by atoms with Gasteiger partial charge in [-0.1, -0.05) is 41.9 Å². The summed E-state index contributed by atoms with van der Waals surface area (Å²) in [7, 11) is -2.20. The molecule has 3 rings (SSSR count). The molecule has 0 bridgehead atoms. The van der Waals surface area contributed by atoms with Gasteiger partial charge in [-0.05, 0) is 54.1 Å². The summed E-state index contributed by atoms with van der Waals surface area (Å²) in [5.74, 6) is 0.605. The van der Waals surface area contributed by atoms with Crippen LogP contribution in [0.5, 0.6) is 5.75 Å². The second-order valence-corrected chi connectivity index (χ2v) is 7.95. The van der Waals surface area contributed by atoms with E-state index in [0.29, 0.717) is 16.5 Å². The third-order valence-electron chi connectivity index (χ3n) is 3.93.